The number of nitrogens with zero attached hydrogens (tertiary/aromatic N) is 2. The number of thiazole rings is 1. The molecule has 1 amide bonds. The first-order valence-electron chi connectivity index (χ1n) is 7.27. The van der Waals surface area contributed by atoms with Crippen LogP contribution in [-0.2, 0) is 16.1 Å². The van der Waals surface area contributed by atoms with Gasteiger partial charge in [-0.05, 0) is 26.3 Å². The lowest BCUT2D eigenvalue weighted by Gasteiger charge is -2.17. The van der Waals surface area contributed by atoms with Gasteiger partial charge in [0.15, 0.2) is 6.61 Å². The van der Waals surface area contributed by atoms with Crippen molar-refractivity contribution in [2.24, 2.45) is 0 Å². The molecule has 6 heteroatoms. The summed E-state index contributed by atoms with van der Waals surface area (Å²) in [5, 5.41) is 0.803. The highest BCUT2D eigenvalue weighted by Gasteiger charge is 2.18. The first-order valence-corrected chi connectivity index (χ1v) is 8.09. The Morgan fingerprint density at radius 2 is 1.83 bits per heavy atom. The van der Waals surface area contributed by atoms with Crippen molar-refractivity contribution in [3.63, 3.8) is 0 Å². The number of carbonyl (C=O) groups excluding carboxylic acids is 2. The van der Waals surface area contributed by atoms with Crippen molar-refractivity contribution in [2.45, 2.75) is 27.3 Å². The van der Waals surface area contributed by atoms with Crippen molar-refractivity contribution in [1.29, 1.82) is 0 Å². The molecule has 0 fully saturated rings. The van der Waals surface area contributed by atoms with Gasteiger partial charge in [0.05, 0.1) is 10.7 Å². The van der Waals surface area contributed by atoms with Crippen molar-refractivity contribution in [2.75, 3.05) is 13.7 Å². The van der Waals surface area contributed by atoms with E-state index in [1.54, 1.807) is 18.9 Å². The summed E-state index contributed by atoms with van der Waals surface area (Å²) in [5.41, 5.74) is 2.84. The third-order valence-corrected chi connectivity index (χ3v) is 4.43. The molecule has 122 valence electrons. The van der Waals surface area contributed by atoms with Gasteiger partial charge < -0.3 is 9.64 Å². The van der Waals surface area contributed by atoms with Crippen molar-refractivity contribution in [3.8, 4) is 0 Å². The third-order valence-electron chi connectivity index (χ3n) is 3.38. The molecular formula is C17H20N2O3S. The van der Waals surface area contributed by atoms with Crippen LogP contribution in [0.15, 0.2) is 24.3 Å². The second-order valence-corrected chi connectivity index (χ2v) is 6.66. The van der Waals surface area contributed by atoms with E-state index < -0.39 is 5.97 Å². The van der Waals surface area contributed by atoms with Crippen molar-refractivity contribution < 1.29 is 14.3 Å². The Morgan fingerprint density at radius 3 is 2.39 bits per heavy atom. The van der Waals surface area contributed by atoms with E-state index >= 15 is 0 Å². The topological polar surface area (TPSA) is 59.5 Å². The van der Waals surface area contributed by atoms with Crippen LogP contribution in [0, 0.1) is 20.8 Å². The van der Waals surface area contributed by atoms with Crippen LogP contribution in [0.4, 0.5) is 0 Å². The van der Waals surface area contributed by atoms with Gasteiger partial charge in [0, 0.05) is 13.6 Å². The van der Waals surface area contributed by atoms with Crippen LogP contribution in [0.2, 0.25) is 0 Å². The highest BCUT2D eigenvalue weighted by molar-refractivity contribution is 7.13. The summed E-state index contributed by atoms with van der Waals surface area (Å²) in [4.78, 5) is 30.2. The van der Waals surface area contributed by atoms with Gasteiger partial charge in [-0.25, -0.2) is 9.78 Å². The average Bonchev–Trinajstić information content (AvgIpc) is 2.85. The Bertz CT molecular complexity index is 707. The summed E-state index contributed by atoms with van der Waals surface area (Å²) in [7, 11) is 1.69. The number of likely N-dealkylation sites (N-methyl/N-ethyl adjacent to an activating group) is 1. The van der Waals surface area contributed by atoms with E-state index in [1.807, 2.05) is 38.1 Å². The maximum atomic E-state index is 12.1. The number of carbonyl (C=O) groups is 2. The molecule has 0 unspecified atom stereocenters. The van der Waals surface area contributed by atoms with Crippen molar-refractivity contribution in [3.05, 3.63) is 51.0 Å². The van der Waals surface area contributed by atoms with Gasteiger partial charge in [-0.3, -0.25) is 4.79 Å². The fourth-order valence-corrected chi connectivity index (χ4v) is 2.89. The van der Waals surface area contributed by atoms with Crippen molar-refractivity contribution in [1.82, 2.24) is 9.88 Å². The van der Waals surface area contributed by atoms with Crippen LogP contribution in [0.3, 0.4) is 0 Å². The van der Waals surface area contributed by atoms with Gasteiger partial charge >= 0.3 is 5.97 Å². The second kappa shape index (κ2) is 7.37. The first kappa shape index (κ1) is 17.1. The number of hydrogen-bond acceptors (Lipinski definition) is 5. The molecule has 0 saturated carbocycles. The molecule has 23 heavy (non-hydrogen) atoms. The zero-order chi connectivity index (χ0) is 17.0. The predicted octanol–water partition coefficient (Wildman–Crippen LogP) is 2.88. The van der Waals surface area contributed by atoms with Gasteiger partial charge in [0.2, 0.25) is 0 Å². The molecule has 1 heterocycles. The molecule has 0 bridgehead atoms. The van der Waals surface area contributed by atoms with E-state index in [4.69, 9.17) is 4.74 Å². The Hall–Kier alpha value is -2.21. The minimum atomic E-state index is -0.495. The van der Waals surface area contributed by atoms with Gasteiger partial charge in [0.25, 0.3) is 5.91 Å². The summed E-state index contributed by atoms with van der Waals surface area (Å²) in [6, 6.07) is 7.97. The lowest BCUT2D eigenvalue weighted by atomic mass is 10.1. The van der Waals surface area contributed by atoms with Crippen LogP contribution < -0.4 is 0 Å². The lowest BCUT2D eigenvalue weighted by molar-refractivity contribution is -0.133. The summed E-state index contributed by atoms with van der Waals surface area (Å²) in [6.07, 6.45) is 0. The normalized spacial score (nSPS) is 10.4. The van der Waals surface area contributed by atoms with Gasteiger partial charge in [-0.15, -0.1) is 11.3 Å². The number of amides is 1. The molecule has 0 radical (unpaired) electrons. The highest BCUT2D eigenvalue weighted by Crippen LogP contribution is 2.18. The largest absolute Gasteiger partial charge is 0.451 e. The highest BCUT2D eigenvalue weighted by atomic mass is 32.1. The smallest absolute Gasteiger partial charge is 0.350 e. The van der Waals surface area contributed by atoms with Crippen LogP contribution in [-0.4, -0.2) is 35.4 Å². The molecule has 0 aliphatic carbocycles. The minimum Gasteiger partial charge on any atom is -0.451 e. The Morgan fingerprint density at radius 1 is 1.17 bits per heavy atom. The van der Waals surface area contributed by atoms with E-state index in [0.717, 1.165) is 10.6 Å². The zero-order valence-electron chi connectivity index (χ0n) is 13.8. The second-order valence-electron chi connectivity index (χ2n) is 5.46. The number of aromatic nitrogens is 1. The molecule has 1 aromatic carbocycles. The van der Waals surface area contributed by atoms with E-state index in [1.165, 1.54) is 16.9 Å². The molecule has 0 spiro atoms. The lowest BCUT2D eigenvalue weighted by Crippen LogP contribution is -2.30. The number of aryl methyl sites for hydroxylation is 3. The number of rotatable bonds is 5. The van der Waals surface area contributed by atoms with Gasteiger partial charge in [0.1, 0.15) is 4.88 Å². The number of hydrogen-bond donors (Lipinski definition) is 0. The zero-order valence-corrected chi connectivity index (χ0v) is 14.6. The van der Waals surface area contributed by atoms with E-state index in [-0.39, 0.29) is 12.5 Å². The number of esters is 1. The Balaban J connectivity index is 1.87. The first-order chi connectivity index (χ1) is 10.9. The summed E-state index contributed by atoms with van der Waals surface area (Å²) in [5.74, 6) is -0.733. The molecule has 1 aromatic heterocycles. The number of benzene rings is 1. The van der Waals surface area contributed by atoms with E-state index in [0.29, 0.717) is 17.1 Å². The Labute approximate surface area is 139 Å². The predicted molar refractivity (Wildman–Crippen MR) is 89.5 cm³/mol. The maximum Gasteiger partial charge on any atom is 0.350 e. The van der Waals surface area contributed by atoms with Crippen LogP contribution >= 0.6 is 11.3 Å². The molecule has 0 aliphatic rings. The number of ether oxygens (including phenoxy) is 1. The molecule has 0 saturated heterocycles. The minimum absolute atomic E-state index is 0.238. The monoisotopic (exact) mass is 332 g/mol. The van der Waals surface area contributed by atoms with E-state index in [9.17, 15) is 9.59 Å². The molecular weight excluding hydrogens is 312 g/mol. The van der Waals surface area contributed by atoms with Gasteiger partial charge in [-0.1, -0.05) is 29.8 Å². The fraction of sp³-hybridized carbons (Fsp3) is 0.353. The summed E-state index contributed by atoms with van der Waals surface area (Å²) >= 11 is 1.28. The molecule has 2 aromatic rings. The van der Waals surface area contributed by atoms with Crippen molar-refractivity contribution >= 4 is 23.2 Å². The van der Waals surface area contributed by atoms with Crippen LogP contribution in [0.1, 0.15) is 31.5 Å². The SMILES string of the molecule is Cc1ccc(CN(C)C(=O)COC(=O)c2sc(C)nc2C)cc1. The molecule has 0 N–H and O–H groups in total. The maximum absolute atomic E-state index is 12.1. The fourth-order valence-electron chi connectivity index (χ4n) is 2.08. The van der Waals surface area contributed by atoms with Gasteiger partial charge in [-0.2, -0.15) is 0 Å². The summed E-state index contributed by atoms with van der Waals surface area (Å²) in [6.45, 7) is 5.81. The molecule has 2 rings (SSSR count). The van der Waals surface area contributed by atoms with Crippen LogP contribution in [0.5, 0.6) is 0 Å². The third kappa shape index (κ3) is 4.63. The molecule has 0 aliphatic heterocycles. The van der Waals surface area contributed by atoms with E-state index in [2.05, 4.69) is 4.98 Å². The van der Waals surface area contributed by atoms with Crippen LogP contribution in [0.25, 0.3) is 0 Å². The quantitative estimate of drug-likeness (QED) is 0.790. The molecule has 0 atom stereocenters. The summed E-state index contributed by atoms with van der Waals surface area (Å²) < 4.78 is 5.10. The average molecular weight is 332 g/mol. The molecule has 5 nitrogen and oxygen atoms in total. The Kier molecular flexibility index (Phi) is 5.50. The standard InChI is InChI=1S/C17H20N2O3S/c1-11-5-7-14(8-6-11)9-19(4)15(20)10-22-17(21)16-12(2)18-13(3)23-16/h5-8H,9-10H2,1-4H3.